The molecule has 0 spiro atoms. The van der Waals surface area contributed by atoms with Crippen LogP contribution in [0.15, 0.2) is 18.2 Å². The SMILES string of the molecule is Cc1ccc(NCC(C)CC(C)C)cc1[N+](=O)[O-]. The first-order valence-electron chi connectivity index (χ1n) is 6.39. The lowest BCUT2D eigenvalue weighted by atomic mass is 9.99. The summed E-state index contributed by atoms with van der Waals surface area (Å²) in [5.74, 6) is 1.24. The number of nitrogens with one attached hydrogen (secondary N) is 1. The first-order chi connectivity index (χ1) is 8.40. The van der Waals surface area contributed by atoms with Crippen LogP contribution in [0.5, 0.6) is 0 Å². The van der Waals surface area contributed by atoms with Gasteiger partial charge >= 0.3 is 0 Å². The summed E-state index contributed by atoms with van der Waals surface area (Å²) in [6.45, 7) is 9.19. The van der Waals surface area contributed by atoms with E-state index < -0.39 is 0 Å². The van der Waals surface area contributed by atoms with Gasteiger partial charge in [-0.2, -0.15) is 0 Å². The van der Waals surface area contributed by atoms with Gasteiger partial charge in [-0.1, -0.05) is 26.8 Å². The molecule has 0 aliphatic heterocycles. The summed E-state index contributed by atoms with van der Waals surface area (Å²) >= 11 is 0. The van der Waals surface area contributed by atoms with Crippen molar-refractivity contribution in [3.8, 4) is 0 Å². The van der Waals surface area contributed by atoms with Gasteiger partial charge in [0.2, 0.25) is 0 Å². The zero-order valence-corrected chi connectivity index (χ0v) is 11.6. The highest BCUT2D eigenvalue weighted by atomic mass is 16.6. The average Bonchev–Trinajstić information content (AvgIpc) is 2.26. The Kier molecular flexibility index (Phi) is 5.13. The quantitative estimate of drug-likeness (QED) is 0.613. The fourth-order valence-corrected chi connectivity index (χ4v) is 2.10. The fourth-order valence-electron chi connectivity index (χ4n) is 2.10. The molecule has 1 unspecified atom stereocenters. The molecule has 1 aromatic carbocycles. The van der Waals surface area contributed by atoms with E-state index in [9.17, 15) is 10.1 Å². The largest absolute Gasteiger partial charge is 0.385 e. The molecule has 0 fully saturated rings. The van der Waals surface area contributed by atoms with Crippen LogP contribution in [0.4, 0.5) is 11.4 Å². The Balaban J connectivity index is 2.63. The minimum Gasteiger partial charge on any atom is -0.385 e. The monoisotopic (exact) mass is 250 g/mol. The molecule has 0 aromatic heterocycles. The van der Waals surface area contributed by atoms with Crippen molar-refractivity contribution >= 4 is 11.4 Å². The fraction of sp³-hybridized carbons (Fsp3) is 0.571. The maximum atomic E-state index is 10.8. The van der Waals surface area contributed by atoms with Crippen LogP contribution in [-0.4, -0.2) is 11.5 Å². The number of anilines is 1. The molecule has 0 heterocycles. The Bertz CT molecular complexity index is 416. The molecule has 1 aromatic rings. The maximum absolute atomic E-state index is 10.8. The molecule has 1 rings (SSSR count). The van der Waals surface area contributed by atoms with Crippen LogP contribution >= 0.6 is 0 Å². The minimum atomic E-state index is -0.335. The van der Waals surface area contributed by atoms with Crippen molar-refractivity contribution in [1.29, 1.82) is 0 Å². The average molecular weight is 250 g/mol. The highest BCUT2D eigenvalue weighted by Gasteiger charge is 2.11. The molecule has 18 heavy (non-hydrogen) atoms. The van der Waals surface area contributed by atoms with E-state index in [1.54, 1.807) is 19.1 Å². The van der Waals surface area contributed by atoms with E-state index in [0.717, 1.165) is 18.7 Å². The molecule has 100 valence electrons. The van der Waals surface area contributed by atoms with E-state index in [1.165, 1.54) is 0 Å². The van der Waals surface area contributed by atoms with Gasteiger partial charge in [0.25, 0.3) is 5.69 Å². The summed E-state index contributed by atoms with van der Waals surface area (Å²) in [6.07, 6.45) is 1.15. The second-order valence-corrected chi connectivity index (χ2v) is 5.37. The molecule has 1 N–H and O–H groups in total. The number of hydrogen-bond donors (Lipinski definition) is 1. The third kappa shape index (κ3) is 4.35. The first-order valence-corrected chi connectivity index (χ1v) is 6.39. The summed E-state index contributed by atoms with van der Waals surface area (Å²) in [4.78, 5) is 10.5. The number of nitrogens with zero attached hydrogens (tertiary/aromatic N) is 1. The van der Waals surface area contributed by atoms with Crippen molar-refractivity contribution in [2.24, 2.45) is 11.8 Å². The Morgan fingerprint density at radius 1 is 1.33 bits per heavy atom. The van der Waals surface area contributed by atoms with Gasteiger partial charge in [-0.05, 0) is 31.2 Å². The first kappa shape index (κ1) is 14.5. The lowest BCUT2D eigenvalue weighted by molar-refractivity contribution is -0.385. The van der Waals surface area contributed by atoms with Crippen molar-refractivity contribution in [3.05, 3.63) is 33.9 Å². The van der Waals surface area contributed by atoms with Gasteiger partial charge in [0.05, 0.1) is 4.92 Å². The Labute approximate surface area is 109 Å². The van der Waals surface area contributed by atoms with E-state index >= 15 is 0 Å². The van der Waals surface area contributed by atoms with Crippen molar-refractivity contribution in [1.82, 2.24) is 0 Å². The molecular formula is C14H22N2O2. The number of benzene rings is 1. The predicted octanol–water partition coefficient (Wildman–Crippen LogP) is 4.00. The molecular weight excluding hydrogens is 228 g/mol. The lowest BCUT2D eigenvalue weighted by Gasteiger charge is -2.15. The molecule has 0 radical (unpaired) electrons. The third-order valence-corrected chi connectivity index (χ3v) is 2.93. The highest BCUT2D eigenvalue weighted by molar-refractivity contribution is 5.54. The van der Waals surface area contributed by atoms with E-state index in [0.29, 0.717) is 17.4 Å². The summed E-state index contributed by atoms with van der Waals surface area (Å²) in [6, 6.07) is 5.29. The molecule has 1 atom stereocenters. The van der Waals surface area contributed by atoms with Crippen LogP contribution < -0.4 is 5.32 Å². The normalized spacial score (nSPS) is 12.5. The topological polar surface area (TPSA) is 55.2 Å². The molecule has 0 bridgehead atoms. The Morgan fingerprint density at radius 2 is 2.00 bits per heavy atom. The summed E-state index contributed by atoms with van der Waals surface area (Å²) in [7, 11) is 0. The van der Waals surface area contributed by atoms with E-state index in [2.05, 4.69) is 26.1 Å². The van der Waals surface area contributed by atoms with Crippen LogP contribution in [0, 0.1) is 28.9 Å². The van der Waals surface area contributed by atoms with Gasteiger partial charge in [0, 0.05) is 23.9 Å². The van der Waals surface area contributed by atoms with Crippen molar-refractivity contribution in [2.75, 3.05) is 11.9 Å². The van der Waals surface area contributed by atoms with Crippen molar-refractivity contribution in [2.45, 2.75) is 34.1 Å². The summed E-state index contributed by atoms with van der Waals surface area (Å²) in [5, 5.41) is 14.1. The van der Waals surface area contributed by atoms with Gasteiger partial charge in [0.1, 0.15) is 0 Å². The van der Waals surface area contributed by atoms with E-state index in [1.807, 2.05) is 6.07 Å². The second kappa shape index (κ2) is 6.38. The Morgan fingerprint density at radius 3 is 2.56 bits per heavy atom. The zero-order valence-electron chi connectivity index (χ0n) is 11.6. The molecule has 0 aliphatic rings. The second-order valence-electron chi connectivity index (χ2n) is 5.37. The highest BCUT2D eigenvalue weighted by Crippen LogP contribution is 2.22. The maximum Gasteiger partial charge on any atom is 0.274 e. The van der Waals surface area contributed by atoms with Crippen molar-refractivity contribution < 1.29 is 4.92 Å². The third-order valence-electron chi connectivity index (χ3n) is 2.93. The Hall–Kier alpha value is -1.58. The summed E-state index contributed by atoms with van der Waals surface area (Å²) in [5.41, 5.74) is 1.69. The molecule has 0 aliphatic carbocycles. The van der Waals surface area contributed by atoms with Gasteiger partial charge < -0.3 is 5.32 Å². The van der Waals surface area contributed by atoms with Crippen LogP contribution in [0.2, 0.25) is 0 Å². The molecule has 4 heteroatoms. The zero-order chi connectivity index (χ0) is 13.7. The smallest absolute Gasteiger partial charge is 0.274 e. The van der Waals surface area contributed by atoms with Gasteiger partial charge in [-0.15, -0.1) is 0 Å². The number of aryl methyl sites for hydroxylation is 1. The van der Waals surface area contributed by atoms with E-state index in [-0.39, 0.29) is 10.6 Å². The standard InChI is InChI=1S/C14H22N2O2/c1-10(2)7-11(3)9-15-13-6-5-12(4)14(8-13)16(17)18/h5-6,8,10-11,15H,7,9H2,1-4H3. The van der Waals surface area contributed by atoms with Crippen molar-refractivity contribution in [3.63, 3.8) is 0 Å². The molecule has 0 saturated carbocycles. The lowest BCUT2D eigenvalue weighted by Crippen LogP contribution is -2.13. The summed E-state index contributed by atoms with van der Waals surface area (Å²) < 4.78 is 0. The number of hydrogen-bond acceptors (Lipinski definition) is 3. The van der Waals surface area contributed by atoms with Crippen LogP contribution in [0.3, 0.4) is 0 Å². The van der Waals surface area contributed by atoms with Crippen LogP contribution in [0.25, 0.3) is 0 Å². The van der Waals surface area contributed by atoms with Gasteiger partial charge in [-0.3, -0.25) is 10.1 Å². The number of nitro benzene ring substituents is 1. The molecule has 4 nitrogen and oxygen atoms in total. The van der Waals surface area contributed by atoms with Crippen LogP contribution in [-0.2, 0) is 0 Å². The van der Waals surface area contributed by atoms with Gasteiger partial charge in [0.15, 0.2) is 0 Å². The molecule has 0 saturated heterocycles. The predicted molar refractivity (Wildman–Crippen MR) is 74.9 cm³/mol. The van der Waals surface area contributed by atoms with E-state index in [4.69, 9.17) is 0 Å². The minimum absolute atomic E-state index is 0.177. The number of nitro groups is 1. The molecule has 0 amide bonds. The van der Waals surface area contributed by atoms with Crippen LogP contribution in [0.1, 0.15) is 32.8 Å². The number of rotatable bonds is 6. The van der Waals surface area contributed by atoms with Gasteiger partial charge in [-0.25, -0.2) is 0 Å².